The molecule has 1 rings (SSSR count). The number of unbranched alkanes of at least 4 members (excludes halogenated alkanes) is 1. The predicted molar refractivity (Wildman–Crippen MR) is 93.1 cm³/mol. The normalized spacial score (nSPS) is 15.2. The van der Waals surface area contributed by atoms with Gasteiger partial charge in [0.1, 0.15) is 0 Å². The molecule has 0 aliphatic heterocycles. The van der Waals surface area contributed by atoms with E-state index in [1.807, 2.05) is 30.3 Å². The van der Waals surface area contributed by atoms with Crippen molar-refractivity contribution in [3.8, 4) is 0 Å². The van der Waals surface area contributed by atoms with Crippen LogP contribution in [0.2, 0.25) is 0 Å². The lowest BCUT2D eigenvalue weighted by Crippen LogP contribution is -2.45. The van der Waals surface area contributed by atoms with Crippen LogP contribution >= 0.6 is 24.8 Å². The molecular formula is C15H27Cl2N3O. The lowest BCUT2D eigenvalue weighted by Gasteiger charge is -2.17. The van der Waals surface area contributed by atoms with Crippen molar-refractivity contribution in [2.45, 2.75) is 44.6 Å². The van der Waals surface area contributed by atoms with Gasteiger partial charge in [-0.25, -0.2) is 0 Å². The SMILES string of the molecule is Cl.Cl.[2H]C([2H])([2H])[C@H](Cc1ccccc1)NC(=O)[C@@H](N)CCCCN. The molecule has 0 saturated carbocycles. The van der Waals surface area contributed by atoms with Crippen LogP contribution in [0.3, 0.4) is 0 Å². The summed E-state index contributed by atoms with van der Waals surface area (Å²) in [4.78, 5) is 12.1. The molecule has 6 heteroatoms. The van der Waals surface area contributed by atoms with Crippen LogP contribution in [0, 0.1) is 0 Å². The Morgan fingerprint density at radius 2 is 1.95 bits per heavy atom. The van der Waals surface area contributed by atoms with Gasteiger partial charge in [-0.2, -0.15) is 0 Å². The Labute approximate surface area is 144 Å². The van der Waals surface area contributed by atoms with Crippen molar-refractivity contribution in [1.82, 2.24) is 5.32 Å². The topological polar surface area (TPSA) is 81.1 Å². The molecular weight excluding hydrogens is 309 g/mol. The number of benzene rings is 1. The second-order valence-electron chi connectivity index (χ2n) is 4.64. The van der Waals surface area contributed by atoms with Gasteiger partial charge in [-0.15, -0.1) is 24.8 Å². The average Bonchev–Trinajstić information content (AvgIpc) is 2.46. The third-order valence-corrected chi connectivity index (χ3v) is 2.91. The molecule has 0 aromatic heterocycles. The van der Waals surface area contributed by atoms with Crippen LogP contribution in [-0.2, 0) is 11.2 Å². The van der Waals surface area contributed by atoms with Crippen molar-refractivity contribution in [1.29, 1.82) is 0 Å². The Morgan fingerprint density at radius 3 is 2.52 bits per heavy atom. The third kappa shape index (κ3) is 9.69. The molecule has 21 heavy (non-hydrogen) atoms. The van der Waals surface area contributed by atoms with Crippen LogP contribution in [0.5, 0.6) is 0 Å². The second-order valence-corrected chi connectivity index (χ2v) is 4.64. The summed E-state index contributed by atoms with van der Waals surface area (Å²) in [6, 6.07) is 7.58. The summed E-state index contributed by atoms with van der Waals surface area (Å²) in [5.41, 5.74) is 12.1. The van der Waals surface area contributed by atoms with E-state index in [1.165, 1.54) is 0 Å². The number of hydrogen-bond donors (Lipinski definition) is 3. The van der Waals surface area contributed by atoms with Crippen LogP contribution in [0.15, 0.2) is 30.3 Å². The Kier molecular flexibility index (Phi) is 10.2. The highest BCUT2D eigenvalue weighted by molar-refractivity contribution is 5.85. The first-order valence-electron chi connectivity index (χ1n) is 8.14. The minimum atomic E-state index is -2.28. The van der Waals surface area contributed by atoms with Gasteiger partial charge in [-0.1, -0.05) is 36.8 Å². The van der Waals surface area contributed by atoms with Crippen LogP contribution in [0.1, 0.15) is 35.8 Å². The van der Waals surface area contributed by atoms with E-state index in [2.05, 4.69) is 5.32 Å². The summed E-state index contributed by atoms with van der Waals surface area (Å²) in [6.07, 6.45) is 2.30. The van der Waals surface area contributed by atoms with Gasteiger partial charge in [0, 0.05) is 10.2 Å². The Balaban J connectivity index is 0. The van der Waals surface area contributed by atoms with Crippen molar-refractivity contribution < 1.29 is 8.91 Å². The van der Waals surface area contributed by atoms with Gasteiger partial charge in [-0.05, 0) is 38.2 Å². The summed E-state index contributed by atoms with van der Waals surface area (Å²) >= 11 is 0. The minimum absolute atomic E-state index is 0. The number of nitrogens with one attached hydrogen (secondary N) is 1. The molecule has 0 aliphatic rings. The molecule has 0 saturated heterocycles. The van der Waals surface area contributed by atoms with E-state index in [1.54, 1.807) is 0 Å². The zero-order chi connectivity index (χ0) is 16.6. The molecule has 2 atom stereocenters. The number of carbonyl (C=O) groups is 1. The number of hydrogen-bond acceptors (Lipinski definition) is 3. The first-order chi connectivity index (χ1) is 10.3. The molecule has 4 nitrogen and oxygen atoms in total. The fourth-order valence-electron chi connectivity index (χ4n) is 1.82. The average molecular weight is 339 g/mol. The second kappa shape index (κ2) is 12.9. The van der Waals surface area contributed by atoms with Gasteiger partial charge < -0.3 is 16.8 Å². The number of rotatable bonds is 8. The van der Waals surface area contributed by atoms with Gasteiger partial charge in [-0.3, -0.25) is 4.79 Å². The highest BCUT2D eigenvalue weighted by Crippen LogP contribution is 2.04. The summed E-state index contributed by atoms with van der Waals surface area (Å²) in [6.45, 7) is -1.72. The van der Waals surface area contributed by atoms with Crippen LogP contribution in [-0.4, -0.2) is 24.5 Å². The summed E-state index contributed by atoms with van der Waals surface area (Å²) < 4.78 is 22.8. The van der Waals surface area contributed by atoms with Crippen molar-refractivity contribution in [3.05, 3.63) is 35.9 Å². The van der Waals surface area contributed by atoms with Crippen LogP contribution in [0.4, 0.5) is 0 Å². The minimum Gasteiger partial charge on any atom is -0.352 e. The van der Waals surface area contributed by atoms with E-state index in [9.17, 15) is 4.79 Å². The largest absolute Gasteiger partial charge is 0.352 e. The maximum absolute atomic E-state index is 12.1. The van der Waals surface area contributed by atoms with Crippen LogP contribution in [0.25, 0.3) is 0 Å². The molecule has 1 aromatic rings. The standard InChI is InChI=1S/C15H25N3O.2ClH/c1-12(11-13-7-3-2-4-8-13)18-15(19)14(17)9-5-6-10-16;;/h2-4,7-8,12,14H,5-6,9-11,16-17H2,1H3,(H,18,19);2*1H/t12-,14+;;/m1../s1/i1D3;;. The summed E-state index contributed by atoms with van der Waals surface area (Å²) in [7, 11) is 0. The van der Waals surface area contributed by atoms with Crippen LogP contribution < -0.4 is 16.8 Å². The Bertz CT molecular complexity index is 461. The van der Waals surface area contributed by atoms with Crippen molar-refractivity contribution in [2.24, 2.45) is 11.5 Å². The molecule has 1 aromatic carbocycles. The molecule has 0 bridgehead atoms. The quantitative estimate of drug-likeness (QED) is 0.634. The van der Waals surface area contributed by atoms with Gasteiger partial charge in [0.25, 0.3) is 0 Å². The first-order valence-corrected chi connectivity index (χ1v) is 6.64. The zero-order valence-electron chi connectivity index (χ0n) is 15.0. The summed E-state index contributed by atoms with van der Waals surface area (Å²) in [5.74, 6) is -0.422. The van der Waals surface area contributed by atoms with E-state index in [0.717, 1.165) is 18.4 Å². The molecule has 1 amide bonds. The fourth-order valence-corrected chi connectivity index (χ4v) is 1.82. The van der Waals surface area contributed by atoms with E-state index in [0.29, 0.717) is 13.0 Å². The fraction of sp³-hybridized carbons (Fsp3) is 0.533. The lowest BCUT2D eigenvalue weighted by molar-refractivity contribution is -0.123. The molecule has 0 fully saturated rings. The zero-order valence-corrected chi connectivity index (χ0v) is 13.6. The Morgan fingerprint density at radius 1 is 1.29 bits per heavy atom. The molecule has 0 spiro atoms. The molecule has 0 heterocycles. The highest BCUT2D eigenvalue weighted by Gasteiger charge is 2.15. The third-order valence-electron chi connectivity index (χ3n) is 2.91. The van der Waals surface area contributed by atoms with Crippen molar-refractivity contribution in [3.63, 3.8) is 0 Å². The number of amides is 1. The molecule has 0 aliphatic carbocycles. The van der Waals surface area contributed by atoms with E-state index >= 15 is 0 Å². The molecule has 5 N–H and O–H groups in total. The number of halogens is 2. The number of nitrogens with two attached hydrogens (primary N) is 2. The van der Waals surface area contributed by atoms with Gasteiger partial charge in [0.15, 0.2) is 0 Å². The van der Waals surface area contributed by atoms with E-state index < -0.39 is 24.8 Å². The number of carbonyl (C=O) groups excluding carboxylic acids is 1. The van der Waals surface area contributed by atoms with E-state index in [-0.39, 0.29) is 31.2 Å². The van der Waals surface area contributed by atoms with Crippen molar-refractivity contribution >= 4 is 30.7 Å². The molecule has 122 valence electrons. The summed E-state index contributed by atoms with van der Waals surface area (Å²) in [5, 5.41) is 2.57. The lowest BCUT2D eigenvalue weighted by atomic mass is 10.1. The van der Waals surface area contributed by atoms with Gasteiger partial charge >= 0.3 is 0 Å². The first kappa shape index (κ1) is 16.6. The molecule has 0 unspecified atom stereocenters. The monoisotopic (exact) mass is 338 g/mol. The van der Waals surface area contributed by atoms with Gasteiger partial charge in [0.2, 0.25) is 5.91 Å². The Hall–Kier alpha value is -0.810. The van der Waals surface area contributed by atoms with Gasteiger partial charge in [0.05, 0.1) is 6.04 Å². The molecule has 0 radical (unpaired) electrons. The predicted octanol–water partition coefficient (Wildman–Crippen LogP) is 2.03. The maximum Gasteiger partial charge on any atom is 0.237 e. The maximum atomic E-state index is 12.1. The van der Waals surface area contributed by atoms with Crippen molar-refractivity contribution in [2.75, 3.05) is 6.54 Å². The highest BCUT2D eigenvalue weighted by atomic mass is 35.5. The van der Waals surface area contributed by atoms with E-state index in [4.69, 9.17) is 15.6 Å². The smallest absolute Gasteiger partial charge is 0.237 e.